The highest BCUT2D eigenvalue weighted by atomic mass is 32.2. The summed E-state index contributed by atoms with van der Waals surface area (Å²) in [7, 11) is 0. The van der Waals surface area contributed by atoms with Crippen molar-refractivity contribution in [2.45, 2.75) is 48.6 Å². The van der Waals surface area contributed by atoms with Crippen LogP contribution >= 0.6 is 23.5 Å². The van der Waals surface area contributed by atoms with Gasteiger partial charge in [0.1, 0.15) is 0 Å². The second kappa shape index (κ2) is 6.70. The minimum absolute atomic E-state index is 0.0727. The molecule has 0 spiro atoms. The summed E-state index contributed by atoms with van der Waals surface area (Å²) < 4.78 is 2.42. The first-order chi connectivity index (χ1) is 9.15. The van der Waals surface area contributed by atoms with Crippen LogP contribution in [-0.4, -0.2) is 37.4 Å². The summed E-state index contributed by atoms with van der Waals surface area (Å²) >= 11 is 3.25. The fourth-order valence-electron chi connectivity index (χ4n) is 2.62. The van der Waals surface area contributed by atoms with Crippen LogP contribution in [0.3, 0.4) is 0 Å². The van der Waals surface area contributed by atoms with Crippen molar-refractivity contribution in [3.63, 3.8) is 0 Å². The van der Waals surface area contributed by atoms with E-state index in [1.54, 1.807) is 6.20 Å². The van der Waals surface area contributed by atoms with Crippen molar-refractivity contribution in [2.24, 2.45) is 0 Å². The molecule has 0 aromatic carbocycles. The number of rotatable bonds is 6. The molecular formula is C13H20N2O2S2. The van der Waals surface area contributed by atoms with Gasteiger partial charge in [-0.05, 0) is 19.1 Å². The van der Waals surface area contributed by atoms with E-state index in [0.717, 1.165) is 11.7 Å². The van der Waals surface area contributed by atoms with E-state index in [2.05, 4.69) is 15.8 Å². The van der Waals surface area contributed by atoms with Gasteiger partial charge < -0.3 is 9.67 Å². The van der Waals surface area contributed by atoms with Crippen molar-refractivity contribution in [3.05, 3.63) is 12.4 Å². The molecule has 1 fully saturated rings. The van der Waals surface area contributed by atoms with Crippen LogP contribution in [-0.2, 0) is 11.3 Å². The molecule has 1 aromatic heterocycles. The highest BCUT2D eigenvalue weighted by molar-refractivity contribution is 8.00. The average molecular weight is 300 g/mol. The zero-order valence-corrected chi connectivity index (χ0v) is 12.8. The molecule has 2 rings (SSSR count). The molecule has 1 N–H and O–H groups in total. The molecule has 19 heavy (non-hydrogen) atoms. The minimum atomic E-state index is -0.795. The molecule has 1 aromatic rings. The molecule has 0 bridgehead atoms. The molecule has 6 heteroatoms. The molecule has 0 saturated heterocycles. The van der Waals surface area contributed by atoms with Gasteiger partial charge in [-0.2, -0.15) is 11.8 Å². The van der Waals surface area contributed by atoms with Crippen molar-refractivity contribution in [2.75, 3.05) is 12.0 Å². The summed E-state index contributed by atoms with van der Waals surface area (Å²) in [6.07, 6.45) is 12.3. The standard InChI is InChI=1S/C13H20N2O2S2/c1-18-13(5-3-2-4-6-13)10-15-8-7-14-12(15)19-9-11(16)17/h7-8H,2-6,9-10H2,1H3,(H,16,17). The molecule has 1 heterocycles. The highest BCUT2D eigenvalue weighted by Crippen LogP contribution is 2.40. The molecule has 0 atom stereocenters. The van der Waals surface area contributed by atoms with E-state index in [-0.39, 0.29) is 5.75 Å². The van der Waals surface area contributed by atoms with Crippen LogP contribution in [0, 0.1) is 0 Å². The average Bonchev–Trinajstić information content (AvgIpc) is 2.84. The van der Waals surface area contributed by atoms with E-state index < -0.39 is 5.97 Å². The van der Waals surface area contributed by atoms with Gasteiger partial charge in [-0.1, -0.05) is 31.0 Å². The zero-order valence-electron chi connectivity index (χ0n) is 11.2. The lowest BCUT2D eigenvalue weighted by atomic mass is 9.88. The van der Waals surface area contributed by atoms with Crippen LogP contribution in [0.5, 0.6) is 0 Å². The first-order valence-corrected chi connectivity index (χ1v) is 8.77. The first-order valence-electron chi connectivity index (χ1n) is 6.56. The Labute approximate surface area is 122 Å². The van der Waals surface area contributed by atoms with E-state index in [4.69, 9.17) is 5.11 Å². The van der Waals surface area contributed by atoms with Gasteiger partial charge in [0, 0.05) is 23.7 Å². The minimum Gasteiger partial charge on any atom is -0.481 e. The number of aliphatic carboxylic acids is 1. The molecule has 106 valence electrons. The van der Waals surface area contributed by atoms with Gasteiger partial charge in [-0.15, -0.1) is 0 Å². The summed E-state index contributed by atoms with van der Waals surface area (Å²) in [6.45, 7) is 0.941. The van der Waals surface area contributed by atoms with Crippen LogP contribution in [0.1, 0.15) is 32.1 Å². The Morgan fingerprint density at radius 2 is 2.21 bits per heavy atom. The Kier molecular flexibility index (Phi) is 5.21. The number of aromatic nitrogens is 2. The molecule has 4 nitrogen and oxygen atoms in total. The van der Waals surface area contributed by atoms with Gasteiger partial charge in [0.2, 0.25) is 0 Å². The van der Waals surface area contributed by atoms with Crippen LogP contribution in [0.4, 0.5) is 0 Å². The molecule has 1 aliphatic rings. The second-order valence-electron chi connectivity index (χ2n) is 4.97. The molecule has 0 amide bonds. The summed E-state index contributed by atoms with van der Waals surface area (Å²) in [5, 5.41) is 9.58. The smallest absolute Gasteiger partial charge is 0.313 e. The van der Waals surface area contributed by atoms with Crippen LogP contribution in [0.2, 0.25) is 0 Å². The summed E-state index contributed by atoms with van der Waals surface area (Å²) in [4.78, 5) is 14.9. The van der Waals surface area contributed by atoms with Crippen LogP contribution in [0.25, 0.3) is 0 Å². The van der Waals surface area contributed by atoms with E-state index in [1.807, 2.05) is 18.0 Å². The van der Waals surface area contributed by atoms with Gasteiger partial charge in [0.15, 0.2) is 5.16 Å². The number of nitrogens with zero attached hydrogens (tertiary/aromatic N) is 2. The largest absolute Gasteiger partial charge is 0.481 e. The Bertz CT molecular complexity index is 428. The van der Waals surface area contributed by atoms with Crippen molar-refractivity contribution in [1.82, 2.24) is 9.55 Å². The monoisotopic (exact) mass is 300 g/mol. The molecular weight excluding hydrogens is 280 g/mol. The number of imidazole rings is 1. The van der Waals surface area contributed by atoms with Crippen molar-refractivity contribution >= 4 is 29.5 Å². The number of carbonyl (C=O) groups is 1. The van der Waals surface area contributed by atoms with Gasteiger partial charge in [-0.3, -0.25) is 4.79 Å². The Balaban J connectivity index is 2.05. The number of carboxylic acid groups (broad SMARTS) is 1. The zero-order chi connectivity index (χ0) is 13.7. The summed E-state index contributed by atoms with van der Waals surface area (Å²) in [5.74, 6) is -0.722. The SMILES string of the molecule is CSC1(Cn2ccnc2SCC(=O)O)CCCCC1. The summed E-state index contributed by atoms with van der Waals surface area (Å²) in [5.41, 5.74) is 0. The van der Waals surface area contributed by atoms with Gasteiger partial charge in [-0.25, -0.2) is 4.98 Å². The topological polar surface area (TPSA) is 55.1 Å². The fraction of sp³-hybridized carbons (Fsp3) is 0.692. The second-order valence-corrected chi connectivity index (χ2v) is 7.18. The van der Waals surface area contributed by atoms with E-state index in [0.29, 0.717) is 4.75 Å². The predicted molar refractivity (Wildman–Crippen MR) is 79.9 cm³/mol. The lowest BCUT2D eigenvalue weighted by Gasteiger charge is -2.36. The molecule has 1 aliphatic carbocycles. The van der Waals surface area contributed by atoms with Gasteiger partial charge in [0.25, 0.3) is 0 Å². The molecule has 1 saturated carbocycles. The van der Waals surface area contributed by atoms with Gasteiger partial charge in [0.05, 0.1) is 5.75 Å². The number of hydrogen-bond donors (Lipinski definition) is 1. The summed E-state index contributed by atoms with van der Waals surface area (Å²) in [6, 6.07) is 0. The maximum absolute atomic E-state index is 10.7. The molecule has 0 unspecified atom stereocenters. The van der Waals surface area contributed by atoms with Crippen molar-refractivity contribution in [3.8, 4) is 0 Å². The number of hydrogen-bond acceptors (Lipinski definition) is 4. The Hall–Kier alpha value is -0.620. The van der Waals surface area contributed by atoms with Crippen LogP contribution < -0.4 is 0 Å². The normalized spacial score (nSPS) is 18.4. The van der Waals surface area contributed by atoms with E-state index in [1.165, 1.54) is 43.9 Å². The Morgan fingerprint density at radius 3 is 2.84 bits per heavy atom. The maximum atomic E-state index is 10.7. The highest BCUT2D eigenvalue weighted by Gasteiger charge is 2.32. The predicted octanol–water partition coefficient (Wildman–Crippen LogP) is 3.13. The number of carboxylic acids is 1. The fourth-order valence-corrected chi connectivity index (χ4v) is 4.26. The van der Waals surface area contributed by atoms with E-state index in [9.17, 15) is 4.79 Å². The number of thioether (sulfide) groups is 2. The third-order valence-corrected chi connectivity index (χ3v) is 6.05. The van der Waals surface area contributed by atoms with Crippen molar-refractivity contribution < 1.29 is 9.90 Å². The quantitative estimate of drug-likeness (QED) is 0.818. The van der Waals surface area contributed by atoms with E-state index >= 15 is 0 Å². The third-order valence-electron chi connectivity index (χ3n) is 3.66. The Morgan fingerprint density at radius 1 is 1.47 bits per heavy atom. The van der Waals surface area contributed by atoms with Gasteiger partial charge >= 0.3 is 5.97 Å². The third kappa shape index (κ3) is 3.92. The maximum Gasteiger partial charge on any atom is 0.313 e. The molecule has 0 aliphatic heterocycles. The lowest BCUT2D eigenvalue weighted by molar-refractivity contribution is -0.133. The molecule has 0 radical (unpaired) electrons. The van der Waals surface area contributed by atoms with Crippen molar-refractivity contribution in [1.29, 1.82) is 0 Å². The van der Waals surface area contributed by atoms with Crippen LogP contribution in [0.15, 0.2) is 17.6 Å². The lowest BCUT2D eigenvalue weighted by Crippen LogP contribution is -2.33. The first kappa shape index (κ1) is 14.8.